The minimum atomic E-state index is -0.101. The summed E-state index contributed by atoms with van der Waals surface area (Å²) in [4.78, 5) is 11.4. The van der Waals surface area contributed by atoms with Crippen LogP contribution in [0.25, 0.3) is 0 Å². The van der Waals surface area contributed by atoms with Crippen LogP contribution >= 0.6 is 11.6 Å². The van der Waals surface area contributed by atoms with Crippen molar-refractivity contribution < 1.29 is 4.79 Å². The molecule has 0 saturated carbocycles. The Bertz CT molecular complexity index is 285. The predicted octanol–water partition coefficient (Wildman–Crippen LogP) is 1.08. The Kier molecular flexibility index (Phi) is 3.76. The van der Waals surface area contributed by atoms with Crippen molar-refractivity contribution in [1.82, 2.24) is 15.5 Å². The Morgan fingerprint density at radius 1 is 1.77 bits per heavy atom. The van der Waals surface area contributed by atoms with Gasteiger partial charge in [0.25, 0.3) is 5.91 Å². The number of carbonyl (C=O) groups is 1. The van der Waals surface area contributed by atoms with Crippen LogP contribution in [0.5, 0.6) is 0 Å². The lowest BCUT2D eigenvalue weighted by atomic mass is 10.2. The number of nitrogens with one attached hydrogen (secondary N) is 2. The van der Waals surface area contributed by atoms with Crippen molar-refractivity contribution in [2.24, 2.45) is 0 Å². The van der Waals surface area contributed by atoms with Gasteiger partial charge in [-0.25, -0.2) is 0 Å². The van der Waals surface area contributed by atoms with Crippen molar-refractivity contribution in [3.05, 3.63) is 17.5 Å². The molecular formula is C8H12ClN3O. The van der Waals surface area contributed by atoms with Crippen LogP contribution < -0.4 is 5.32 Å². The SMILES string of the molecule is Cc1[nH]ncc1C(=O)NCCCCl. The van der Waals surface area contributed by atoms with Gasteiger partial charge in [-0.1, -0.05) is 0 Å². The molecule has 0 radical (unpaired) electrons. The Balaban J connectivity index is 2.45. The van der Waals surface area contributed by atoms with Crippen molar-refractivity contribution in [3.8, 4) is 0 Å². The molecule has 1 rings (SSSR count). The Morgan fingerprint density at radius 3 is 3.08 bits per heavy atom. The van der Waals surface area contributed by atoms with E-state index in [2.05, 4.69) is 15.5 Å². The number of H-pyrrole nitrogens is 1. The van der Waals surface area contributed by atoms with Crippen LogP contribution in [-0.4, -0.2) is 28.5 Å². The summed E-state index contributed by atoms with van der Waals surface area (Å²) >= 11 is 5.47. The Morgan fingerprint density at radius 2 is 2.54 bits per heavy atom. The molecule has 0 saturated heterocycles. The number of hydrogen-bond donors (Lipinski definition) is 2. The van der Waals surface area contributed by atoms with E-state index in [0.717, 1.165) is 12.1 Å². The third-order valence-corrected chi connectivity index (χ3v) is 1.94. The maximum Gasteiger partial charge on any atom is 0.254 e. The third kappa shape index (κ3) is 2.73. The number of aromatic nitrogens is 2. The van der Waals surface area contributed by atoms with Crippen molar-refractivity contribution in [2.45, 2.75) is 13.3 Å². The average molecular weight is 202 g/mol. The highest BCUT2D eigenvalue weighted by Gasteiger charge is 2.08. The fourth-order valence-corrected chi connectivity index (χ4v) is 1.08. The number of aromatic amines is 1. The lowest BCUT2D eigenvalue weighted by Gasteiger charge is -2.01. The van der Waals surface area contributed by atoms with E-state index in [0.29, 0.717) is 18.0 Å². The number of carbonyl (C=O) groups excluding carboxylic acids is 1. The molecule has 0 aromatic carbocycles. The van der Waals surface area contributed by atoms with Crippen LogP contribution in [0.2, 0.25) is 0 Å². The van der Waals surface area contributed by atoms with E-state index in [9.17, 15) is 4.79 Å². The smallest absolute Gasteiger partial charge is 0.254 e. The predicted molar refractivity (Wildman–Crippen MR) is 51.0 cm³/mol. The zero-order valence-corrected chi connectivity index (χ0v) is 8.19. The van der Waals surface area contributed by atoms with Gasteiger partial charge in [-0.15, -0.1) is 11.6 Å². The number of halogens is 1. The van der Waals surface area contributed by atoms with Crippen molar-refractivity contribution in [3.63, 3.8) is 0 Å². The maximum absolute atomic E-state index is 11.4. The van der Waals surface area contributed by atoms with Crippen LogP contribution in [0.3, 0.4) is 0 Å². The van der Waals surface area contributed by atoms with E-state index in [1.54, 1.807) is 0 Å². The average Bonchev–Trinajstić information content (AvgIpc) is 2.52. The van der Waals surface area contributed by atoms with Crippen LogP contribution in [-0.2, 0) is 0 Å². The summed E-state index contributed by atoms with van der Waals surface area (Å²) in [7, 11) is 0. The van der Waals surface area contributed by atoms with Crippen molar-refractivity contribution in [1.29, 1.82) is 0 Å². The summed E-state index contributed by atoms with van der Waals surface area (Å²) < 4.78 is 0. The van der Waals surface area contributed by atoms with Gasteiger partial charge in [-0.05, 0) is 13.3 Å². The van der Waals surface area contributed by atoms with Gasteiger partial charge in [0.2, 0.25) is 0 Å². The number of alkyl halides is 1. The molecule has 0 bridgehead atoms. The monoisotopic (exact) mass is 201 g/mol. The van der Waals surface area contributed by atoms with Gasteiger partial charge in [-0.3, -0.25) is 9.89 Å². The summed E-state index contributed by atoms with van der Waals surface area (Å²) in [5.41, 5.74) is 1.37. The zero-order valence-electron chi connectivity index (χ0n) is 7.43. The molecule has 0 aliphatic carbocycles. The van der Waals surface area contributed by atoms with Crippen molar-refractivity contribution in [2.75, 3.05) is 12.4 Å². The number of nitrogens with zero attached hydrogens (tertiary/aromatic N) is 1. The molecule has 13 heavy (non-hydrogen) atoms. The van der Waals surface area contributed by atoms with Gasteiger partial charge in [0.1, 0.15) is 0 Å². The minimum absolute atomic E-state index is 0.101. The number of aryl methyl sites for hydroxylation is 1. The summed E-state index contributed by atoms with van der Waals surface area (Å²) in [6.45, 7) is 2.41. The molecule has 1 amide bonds. The van der Waals surface area contributed by atoms with Crippen LogP contribution in [0.4, 0.5) is 0 Å². The summed E-state index contributed by atoms with van der Waals surface area (Å²) in [5, 5.41) is 9.21. The highest BCUT2D eigenvalue weighted by molar-refractivity contribution is 6.17. The topological polar surface area (TPSA) is 57.8 Å². The van der Waals surface area contributed by atoms with Gasteiger partial charge in [0.15, 0.2) is 0 Å². The lowest BCUT2D eigenvalue weighted by molar-refractivity contribution is 0.0953. The lowest BCUT2D eigenvalue weighted by Crippen LogP contribution is -2.24. The first-order valence-corrected chi connectivity index (χ1v) is 4.63. The number of hydrogen-bond acceptors (Lipinski definition) is 2. The first-order chi connectivity index (χ1) is 6.25. The third-order valence-electron chi connectivity index (χ3n) is 1.67. The van der Waals surface area contributed by atoms with Crippen LogP contribution in [0.1, 0.15) is 22.5 Å². The standard InChI is InChI=1S/C8H12ClN3O/c1-6-7(5-11-12-6)8(13)10-4-2-3-9/h5H,2-4H2,1H3,(H,10,13)(H,11,12). The quantitative estimate of drug-likeness (QED) is 0.566. The molecule has 0 fully saturated rings. The second-order valence-electron chi connectivity index (χ2n) is 2.71. The minimum Gasteiger partial charge on any atom is -0.352 e. The van der Waals surface area contributed by atoms with E-state index in [1.165, 1.54) is 6.20 Å². The maximum atomic E-state index is 11.4. The largest absolute Gasteiger partial charge is 0.352 e. The molecule has 0 unspecified atom stereocenters. The van der Waals surface area contributed by atoms with E-state index in [1.807, 2.05) is 6.92 Å². The van der Waals surface area contributed by atoms with Gasteiger partial charge in [0.05, 0.1) is 11.8 Å². The molecule has 2 N–H and O–H groups in total. The second kappa shape index (κ2) is 4.87. The van der Waals surface area contributed by atoms with Gasteiger partial charge < -0.3 is 5.32 Å². The highest BCUT2D eigenvalue weighted by atomic mass is 35.5. The Labute approximate surface area is 81.7 Å². The molecule has 4 nitrogen and oxygen atoms in total. The van der Waals surface area contributed by atoms with Gasteiger partial charge >= 0.3 is 0 Å². The van der Waals surface area contributed by atoms with Crippen molar-refractivity contribution >= 4 is 17.5 Å². The molecular weight excluding hydrogens is 190 g/mol. The molecule has 1 aromatic heterocycles. The molecule has 1 aromatic rings. The Hall–Kier alpha value is -1.03. The summed E-state index contributed by atoms with van der Waals surface area (Å²) in [5.74, 6) is 0.460. The number of rotatable bonds is 4. The van der Waals surface area contributed by atoms with E-state index < -0.39 is 0 Å². The fraction of sp³-hybridized carbons (Fsp3) is 0.500. The summed E-state index contributed by atoms with van der Waals surface area (Å²) in [6.07, 6.45) is 2.30. The van der Waals surface area contributed by atoms with Gasteiger partial charge in [0, 0.05) is 18.1 Å². The fourth-order valence-electron chi connectivity index (χ4n) is 0.944. The van der Waals surface area contributed by atoms with Crippen LogP contribution in [0.15, 0.2) is 6.20 Å². The molecule has 1 heterocycles. The highest BCUT2D eigenvalue weighted by Crippen LogP contribution is 2.01. The van der Waals surface area contributed by atoms with Crippen LogP contribution in [0, 0.1) is 6.92 Å². The van der Waals surface area contributed by atoms with E-state index in [4.69, 9.17) is 11.6 Å². The first kappa shape index (κ1) is 10.1. The first-order valence-electron chi connectivity index (χ1n) is 4.10. The molecule has 0 aliphatic heterocycles. The summed E-state index contributed by atoms with van der Waals surface area (Å²) in [6, 6.07) is 0. The molecule has 0 spiro atoms. The molecule has 0 aliphatic rings. The molecule has 72 valence electrons. The van der Waals surface area contributed by atoms with Gasteiger partial charge in [-0.2, -0.15) is 5.10 Å². The van der Waals surface area contributed by atoms with E-state index in [-0.39, 0.29) is 5.91 Å². The molecule has 0 atom stereocenters. The molecule has 5 heteroatoms. The number of amides is 1. The van der Waals surface area contributed by atoms with E-state index >= 15 is 0 Å². The normalized spacial score (nSPS) is 10.0. The zero-order chi connectivity index (χ0) is 9.68. The second-order valence-corrected chi connectivity index (χ2v) is 3.09.